The van der Waals surface area contributed by atoms with E-state index in [0.29, 0.717) is 25.4 Å². The number of nitrogens with zero attached hydrogens (tertiary/aromatic N) is 5. The Bertz CT molecular complexity index is 892. The second-order valence-electron chi connectivity index (χ2n) is 11.9. The molecule has 0 radical (unpaired) electrons. The monoisotopic (exact) mass is 496 g/mol. The van der Waals surface area contributed by atoms with Gasteiger partial charge in [0.15, 0.2) is 0 Å². The van der Waals surface area contributed by atoms with Crippen LogP contribution in [0.3, 0.4) is 0 Å². The average molecular weight is 497 g/mol. The van der Waals surface area contributed by atoms with Gasteiger partial charge < -0.3 is 15.1 Å². The highest BCUT2D eigenvalue weighted by molar-refractivity contribution is 5.26. The highest BCUT2D eigenvalue weighted by Crippen LogP contribution is 2.40. The number of nitroso groups, excluding NO2 is 1. The van der Waals surface area contributed by atoms with Crippen molar-refractivity contribution in [2.75, 3.05) is 13.1 Å². The zero-order chi connectivity index (χ0) is 27.3. The predicted molar refractivity (Wildman–Crippen MR) is 153 cm³/mol. The lowest BCUT2D eigenvalue weighted by Crippen LogP contribution is -2.49. The zero-order valence-corrected chi connectivity index (χ0v) is 23.6. The van der Waals surface area contributed by atoms with E-state index in [2.05, 4.69) is 99.6 Å². The van der Waals surface area contributed by atoms with Crippen molar-refractivity contribution in [3.05, 3.63) is 66.3 Å². The van der Waals surface area contributed by atoms with E-state index in [1.165, 1.54) is 18.4 Å². The van der Waals surface area contributed by atoms with Crippen molar-refractivity contribution < 1.29 is 0 Å². The summed E-state index contributed by atoms with van der Waals surface area (Å²) in [4.78, 5) is 15.9. The minimum atomic E-state index is -0.319. The van der Waals surface area contributed by atoms with Crippen molar-refractivity contribution in [1.82, 2.24) is 20.1 Å². The molecule has 1 saturated carbocycles. The second-order valence-corrected chi connectivity index (χ2v) is 11.9. The molecule has 7 nitrogen and oxygen atoms in total. The largest absolute Gasteiger partial charge is 0.385 e. The Labute approximate surface area is 219 Å². The molecule has 2 fully saturated rings. The van der Waals surface area contributed by atoms with Crippen molar-refractivity contribution in [3.63, 3.8) is 0 Å². The fraction of sp³-hybridized carbons (Fsp3) is 0.621. The molecule has 2 rings (SSSR count). The normalized spacial score (nSPS) is 21.8. The Morgan fingerprint density at radius 2 is 1.86 bits per heavy atom. The van der Waals surface area contributed by atoms with E-state index in [-0.39, 0.29) is 29.1 Å². The number of hydrazone groups is 1. The molecule has 0 spiro atoms. The summed E-state index contributed by atoms with van der Waals surface area (Å²) >= 11 is 0. The maximum absolute atomic E-state index is 11.6. The maximum atomic E-state index is 11.6. The Hall–Kier alpha value is -2.83. The summed E-state index contributed by atoms with van der Waals surface area (Å²) in [6.45, 7) is 32.9. The summed E-state index contributed by atoms with van der Waals surface area (Å²) in [6, 6.07) is -0.549. The Balaban J connectivity index is 2.29. The van der Waals surface area contributed by atoms with Gasteiger partial charge in [-0.05, 0) is 64.3 Å². The molecule has 0 bridgehead atoms. The highest BCUT2D eigenvalue weighted by atomic mass is 16.3. The number of nitrogens with one attached hydrogen (secondary N) is 1. The minimum Gasteiger partial charge on any atom is -0.385 e. The molecule has 1 saturated heterocycles. The minimum absolute atomic E-state index is 0.0973. The lowest BCUT2D eigenvalue weighted by atomic mass is 9.83. The van der Waals surface area contributed by atoms with Gasteiger partial charge in [-0.25, -0.2) is 0 Å². The van der Waals surface area contributed by atoms with Crippen LogP contribution in [0.25, 0.3) is 0 Å². The van der Waals surface area contributed by atoms with E-state index in [0.717, 1.165) is 11.4 Å². The van der Waals surface area contributed by atoms with Gasteiger partial charge in [0.25, 0.3) is 0 Å². The molecule has 0 aromatic rings. The van der Waals surface area contributed by atoms with Crippen LogP contribution in [-0.2, 0) is 0 Å². The summed E-state index contributed by atoms with van der Waals surface area (Å²) in [5, 5.41) is 13.3. The van der Waals surface area contributed by atoms with Gasteiger partial charge in [-0.3, -0.25) is 5.01 Å². The first-order valence-corrected chi connectivity index (χ1v) is 13.0. The standard InChI is InChI=1S/C29H48N6O/c1-12-16-33(13-2)29(9,10)20-31-22(4)26-17-25(32-36)19-34(26)23(5)27(28(6,7)8)35(30-11)18-21(3)24-14-15-24/h12-13,16,18,24-27,31H,2,4-5,11,14-15,17,19-20H2,1,3,6-10H3/b16-12-,21-18+/t25?,26-,27?/m0/s1. The Morgan fingerprint density at radius 3 is 2.33 bits per heavy atom. The van der Waals surface area contributed by atoms with Crippen LogP contribution in [0.1, 0.15) is 67.7 Å². The van der Waals surface area contributed by atoms with Crippen LogP contribution >= 0.6 is 0 Å². The molecule has 2 aliphatic rings. The van der Waals surface area contributed by atoms with Crippen molar-refractivity contribution in [2.45, 2.75) is 91.4 Å². The molecular formula is C29H48N6O. The van der Waals surface area contributed by atoms with E-state index in [1.54, 1.807) is 0 Å². The summed E-state index contributed by atoms with van der Waals surface area (Å²) < 4.78 is 0. The first kappa shape index (κ1) is 29.4. The fourth-order valence-electron chi connectivity index (χ4n) is 5.00. The zero-order valence-electron chi connectivity index (χ0n) is 23.6. The predicted octanol–water partition coefficient (Wildman–Crippen LogP) is 6.22. The smallest absolute Gasteiger partial charge is 0.112 e. The number of likely N-dealkylation sites (tertiary alicyclic amines) is 1. The van der Waals surface area contributed by atoms with Gasteiger partial charge in [0.05, 0.1) is 17.6 Å². The van der Waals surface area contributed by atoms with Crippen LogP contribution < -0.4 is 5.32 Å². The Kier molecular flexibility index (Phi) is 9.75. The average Bonchev–Trinajstić information content (AvgIpc) is 3.57. The molecule has 1 aliphatic carbocycles. The lowest BCUT2D eigenvalue weighted by molar-refractivity contribution is 0.140. The molecule has 0 amide bonds. The molecule has 1 N–H and O–H groups in total. The summed E-state index contributed by atoms with van der Waals surface area (Å²) in [6.07, 6.45) is 11.0. The van der Waals surface area contributed by atoms with E-state index in [1.807, 2.05) is 30.4 Å². The Morgan fingerprint density at radius 1 is 1.22 bits per heavy atom. The van der Waals surface area contributed by atoms with Crippen LogP contribution in [0.2, 0.25) is 0 Å². The van der Waals surface area contributed by atoms with Gasteiger partial charge in [0, 0.05) is 43.8 Å². The van der Waals surface area contributed by atoms with Crippen molar-refractivity contribution in [1.29, 1.82) is 0 Å². The molecular weight excluding hydrogens is 448 g/mol. The van der Waals surface area contributed by atoms with Gasteiger partial charge >= 0.3 is 0 Å². The number of hydrogen-bond acceptors (Lipinski definition) is 7. The van der Waals surface area contributed by atoms with Gasteiger partial charge in [0.1, 0.15) is 6.04 Å². The molecule has 0 aromatic carbocycles. The highest BCUT2D eigenvalue weighted by Gasteiger charge is 2.42. The van der Waals surface area contributed by atoms with E-state index in [9.17, 15) is 4.91 Å². The van der Waals surface area contributed by atoms with Crippen LogP contribution in [0, 0.1) is 16.2 Å². The molecule has 36 heavy (non-hydrogen) atoms. The number of rotatable bonds is 14. The van der Waals surface area contributed by atoms with Crippen LogP contribution in [0.4, 0.5) is 0 Å². The topological polar surface area (TPSA) is 63.5 Å². The van der Waals surface area contributed by atoms with Gasteiger partial charge in [-0.1, -0.05) is 57.3 Å². The molecule has 2 unspecified atom stereocenters. The summed E-state index contributed by atoms with van der Waals surface area (Å²) in [5.41, 5.74) is 2.67. The van der Waals surface area contributed by atoms with E-state index < -0.39 is 0 Å². The molecule has 0 aromatic heterocycles. The quantitative estimate of drug-likeness (QED) is 0.176. The molecule has 7 heteroatoms. The van der Waals surface area contributed by atoms with Gasteiger partial charge in [-0.15, -0.1) is 0 Å². The SMILES string of the molecule is C=CN(/C=C\C)C(C)(C)CNC(=C)[C@@H]1CC(N=O)CN1C(=C)C(N(/C=C(\C)C1CC1)N=C)C(C)(C)C. The number of hydrogen-bond donors (Lipinski definition) is 1. The van der Waals surface area contributed by atoms with Crippen molar-refractivity contribution in [2.24, 2.45) is 21.6 Å². The van der Waals surface area contributed by atoms with Gasteiger partial charge in [0.2, 0.25) is 0 Å². The molecule has 1 heterocycles. The fourth-order valence-corrected chi connectivity index (χ4v) is 5.00. The third-order valence-electron chi connectivity index (χ3n) is 7.27. The molecule has 3 atom stereocenters. The number of allylic oxidation sites excluding steroid dienone is 2. The summed E-state index contributed by atoms with van der Waals surface area (Å²) in [5.74, 6) is 0.635. The summed E-state index contributed by atoms with van der Waals surface area (Å²) in [7, 11) is 0. The van der Waals surface area contributed by atoms with E-state index in [4.69, 9.17) is 0 Å². The molecule has 200 valence electrons. The first-order chi connectivity index (χ1) is 16.8. The van der Waals surface area contributed by atoms with E-state index >= 15 is 0 Å². The molecule has 1 aliphatic heterocycles. The van der Waals surface area contributed by atoms with Gasteiger partial charge in [-0.2, -0.15) is 10.0 Å². The van der Waals surface area contributed by atoms with Crippen LogP contribution in [-0.4, -0.2) is 58.3 Å². The van der Waals surface area contributed by atoms with Crippen molar-refractivity contribution in [3.8, 4) is 0 Å². The third kappa shape index (κ3) is 7.11. The maximum Gasteiger partial charge on any atom is 0.112 e. The van der Waals surface area contributed by atoms with Crippen LogP contribution in [0.15, 0.2) is 71.7 Å². The second kappa shape index (κ2) is 11.9. The lowest BCUT2D eigenvalue weighted by Gasteiger charge is -2.43. The first-order valence-electron chi connectivity index (χ1n) is 13.0. The third-order valence-corrected chi connectivity index (χ3v) is 7.27. The van der Waals surface area contributed by atoms with Crippen LogP contribution in [0.5, 0.6) is 0 Å². The van der Waals surface area contributed by atoms with Crippen molar-refractivity contribution >= 4 is 6.72 Å².